The fourth-order valence-electron chi connectivity index (χ4n) is 10.7. The first-order valence-corrected chi connectivity index (χ1v) is 23.3. The van der Waals surface area contributed by atoms with Gasteiger partial charge in [0, 0.05) is 22.9 Å². The van der Waals surface area contributed by atoms with Gasteiger partial charge in [-0.2, -0.15) is 0 Å². The predicted octanol–water partition coefficient (Wildman–Crippen LogP) is 17.3. The van der Waals surface area contributed by atoms with Crippen LogP contribution in [0.2, 0.25) is 0 Å². The second-order valence-electron chi connectivity index (χ2n) is 17.9. The second kappa shape index (κ2) is 17.7. The molecule has 0 radical (unpaired) electrons. The van der Waals surface area contributed by atoms with Gasteiger partial charge in [0.15, 0.2) is 0 Å². The maximum absolute atomic E-state index is 4.52. The van der Waals surface area contributed by atoms with E-state index in [1.807, 2.05) is 6.08 Å². The van der Waals surface area contributed by atoms with Crippen molar-refractivity contribution in [1.82, 2.24) is 0 Å². The molecule has 0 aromatic heterocycles. The fourth-order valence-corrected chi connectivity index (χ4v) is 10.7. The number of anilines is 2. The highest BCUT2D eigenvalue weighted by Crippen LogP contribution is 2.56. The van der Waals surface area contributed by atoms with Crippen LogP contribution in [0, 0.1) is 0 Å². The molecule has 10 rings (SSSR count). The van der Waals surface area contributed by atoms with Gasteiger partial charge in [-0.05, 0) is 134 Å². The normalized spacial score (nSPS) is 17.1. The fraction of sp³-hybridized carbons (Fsp3) is 0.108. The number of rotatable bonds is 12. The van der Waals surface area contributed by atoms with Crippen LogP contribution in [0.3, 0.4) is 0 Å². The first-order chi connectivity index (χ1) is 32.4. The van der Waals surface area contributed by atoms with Gasteiger partial charge in [0.2, 0.25) is 0 Å². The third-order valence-corrected chi connectivity index (χ3v) is 14.0. The van der Waals surface area contributed by atoms with Crippen LogP contribution >= 0.6 is 0 Å². The number of benzene rings is 7. The first kappa shape index (κ1) is 42.2. The summed E-state index contributed by atoms with van der Waals surface area (Å²) >= 11 is 0. The van der Waals surface area contributed by atoms with Gasteiger partial charge in [-0.15, -0.1) is 0 Å². The smallest absolute Gasteiger partial charge is 0.0713 e. The van der Waals surface area contributed by atoms with Gasteiger partial charge in [0.1, 0.15) is 0 Å². The van der Waals surface area contributed by atoms with Gasteiger partial charge in [-0.25, -0.2) is 0 Å². The van der Waals surface area contributed by atoms with Gasteiger partial charge < -0.3 is 4.90 Å². The molecule has 0 bridgehead atoms. The molecule has 1 atom stereocenters. The van der Waals surface area contributed by atoms with Gasteiger partial charge in [0.25, 0.3) is 0 Å². The van der Waals surface area contributed by atoms with Crippen molar-refractivity contribution >= 4 is 22.5 Å². The number of fused-ring (bicyclic) bond motifs is 4. The molecular formula is C65H55N. The van der Waals surface area contributed by atoms with Gasteiger partial charge in [0.05, 0.1) is 11.1 Å². The number of nitrogens with zero attached hydrogens (tertiary/aromatic N) is 1. The Balaban J connectivity index is 1.12. The molecule has 66 heavy (non-hydrogen) atoms. The molecule has 7 aromatic carbocycles. The van der Waals surface area contributed by atoms with E-state index in [0.29, 0.717) is 0 Å². The maximum atomic E-state index is 4.52. The summed E-state index contributed by atoms with van der Waals surface area (Å²) in [5.74, 6) is 0. The van der Waals surface area contributed by atoms with Gasteiger partial charge >= 0.3 is 0 Å². The van der Waals surface area contributed by atoms with Crippen molar-refractivity contribution in [2.24, 2.45) is 0 Å². The minimum Gasteiger partial charge on any atom is -0.317 e. The molecule has 0 aliphatic heterocycles. The lowest BCUT2D eigenvalue weighted by Crippen LogP contribution is -2.29. The number of para-hydroxylation sites is 1. The summed E-state index contributed by atoms with van der Waals surface area (Å²) in [5.41, 5.74) is 20.9. The SMILES string of the molecule is C=CC1=C(/C=C\N(c2ccc3c(c2)C(C)(C)c2cc(-c4ccc(C5=CCCC=C5)cc4)ccc2-3)c2ccccc2-c2ccccc2)c2ccccc2C1(/C(C=C)=C/C=C\C)c1ccccc1. The molecular weight excluding hydrogens is 795 g/mol. The summed E-state index contributed by atoms with van der Waals surface area (Å²) in [6.45, 7) is 15.7. The molecule has 0 saturated heterocycles. The van der Waals surface area contributed by atoms with Crippen LogP contribution in [-0.2, 0) is 10.8 Å². The number of allylic oxidation sites excluding steroid dienone is 13. The molecule has 0 saturated carbocycles. The summed E-state index contributed by atoms with van der Waals surface area (Å²) in [7, 11) is 0. The number of hydrogen-bond acceptors (Lipinski definition) is 1. The van der Waals surface area contributed by atoms with Crippen LogP contribution in [0.5, 0.6) is 0 Å². The average Bonchev–Trinajstić information content (AvgIpc) is 3.79. The minimum absolute atomic E-state index is 0.235. The van der Waals surface area contributed by atoms with Gasteiger partial charge in [-0.3, -0.25) is 0 Å². The first-order valence-electron chi connectivity index (χ1n) is 23.3. The lowest BCUT2D eigenvalue weighted by atomic mass is 9.66. The molecule has 3 aliphatic carbocycles. The Kier molecular flexibility index (Phi) is 11.3. The van der Waals surface area contributed by atoms with Crippen molar-refractivity contribution < 1.29 is 0 Å². The minimum atomic E-state index is -0.623. The summed E-state index contributed by atoms with van der Waals surface area (Å²) in [6, 6.07) is 62.3. The monoisotopic (exact) mass is 849 g/mol. The van der Waals surface area contributed by atoms with Gasteiger partial charge in [-0.1, -0.05) is 221 Å². The van der Waals surface area contributed by atoms with E-state index in [9.17, 15) is 0 Å². The van der Waals surface area contributed by atoms with Crippen molar-refractivity contribution in [1.29, 1.82) is 0 Å². The van der Waals surface area contributed by atoms with E-state index in [2.05, 4.69) is 263 Å². The average molecular weight is 850 g/mol. The molecule has 320 valence electrons. The molecule has 0 heterocycles. The van der Waals surface area contributed by atoms with Crippen molar-refractivity contribution in [3.63, 3.8) is 0 Å². The van der Waals surface area contributed by atoms with E-state index < -0.39 is 5.41 Å². The van der Waals surface area contributed by atoms with Crippen LogP contribution in [0.15, 0.2) is 255 Å². The second-order valence-corrected chi connectivity index (χ2v) is 17.9. The van der Waals surface area contributed by atoms with Crippen molar-refractivity contribution in [3.05, 3.63) is 288 Å². The molecule has 0 spiro atoms. The van der Waals surface area contributed by atoms with Crippen molar-refractivity contribution in [2.45, 2.75) is 44.4 Å². The lowest BCUT2D eigenvalue weighted by molar-refractivity contribution is 0.660. The maximum Gasteiger partial charge on any atom is 0.0713 e. The van der Waals surface area contributed by atoms with E-state index >= 15 is 0 Å². The largest absolute Gasteiger partial charge is 0.317 e. The van der Waals surface area contributed by atoms with E-state index in [-0.39, 0.29) is 5.41 Å². The standard InChI is InChI=1S/C65H55N/c1-6-9-27-51(7-2)65(52-28-17-12-18-29-52)59(8-3)58(55-31-19-21-32-60(55)65)42-43-66(63-33-22-20-30-54(63)49-25-15-11-16-26-49)53-39-41-57-56-40-38-50(44-61(56)64(4,5)62(57)45-53)48-36-34-47(35-37-48)46-23-13-10-14-24-46/h6-9,11-13,15-45H,2-3,10,14H2,1,4-5H3/b9-6-,43-42-,51-27+. The van der Waals surface area contributed by atoms with E-state index in [0.717, 1.165) is 52.1 Å². The quantitative estimate of drug-likeness (QED) is 0.111. The highest BCUT2D eigenvalue weighted by molar-refractivity contribution is 5.94. The third kappa shape index (κ3) is 7.13. The highest BCUT2D eigenvalue weighted by atomic mass is 15.1. The zero-order valence-electron chi connectivity index (χ0n) is 38.2. The highest BCUT2D eigenvalue weighted by Gasteiger charge is 2.46. The van der Waals surface area contributed by atoms with Crippen LogP contribution in [0.4, 0.5) is 11.4 Å². The number of hydrogen-bond donors (Lipinski definition) is 0. The van der Waals surface area contributed by atoms with E-state index in [4.69, 9.17) is 0 Å². The van der Waals surface area contributed by atoms with E-state index in [1.54, 1.807) is 0 Å². The van der Waals surface area contributed by atoms with Crippen molar-refractivity contribution in [2.75, 3.05) is 4.90 Å². The molecule has 0 N–H and O–H groups in total. The molecule has 1 nitrogen and oxygen atoms in total. The Labute approximate surface area is 391 Å². The molecule has 0 amide bonds. The predicted molar refractivity (Wildman–Crippen MR) is 283 cm³/mol. The Morgan fingerprint density at radius 1 is 0.591 bits per heavy atom. The zero-order valence-corrected chi connectivity index (χ0v) is 38.2. The Morgan fingerprint density at radius 3 is 1.95 bits per heavy atom. The summed E-state index contributed by atoms with van der Waals surface area (Å²) in [6.07, 6.45) is 24.2. The van der Waals surface area contributed by atoms with Crippen LogP contribution in [0.25, 0.3) is 44.5 Å². The third-order valence-electron chi connectivity index (χ3n) is 14.0. The molecule has 1 unspecified atom stereocenters. The van der Waals surface area contributed by atoms with E-state index in [1.165, 1.54) is 61.2 Å². The summed E-state index contributed by atoms with van der Waals surface area (Å²) in [4.78, 5) is 2.38. The Hall–Kier alpha value is -7.74. The van der Waals surface area contributed by atoms with Crippen LogP contribution in [0.1, 0.15) is 67.0 Å². The molecule has 1 heteroatoms. The summed E-state index contributed by atoms with van der Waals surface area (Å²) in [5, 5.41) is 0. The molecule has 3 aliphatic rings. The molecule has 0 fully saturated rings. The Morgan fingerprint density at radius 2 is 1.24 bits per heavy atom. The lowest BCUT2D eigenvalue weighted by Gasteiger charge is -2.35. The topological polar surface area (TPSA) is 3.24 Å². The molecule has 7 aromatic rings. The van der Waals surface area contributed by atoms with Crippen molar-refractivity contribution in [3.8, 4) is 33.4 Å². The zero-order chi connectivity index (χ0) is 45.3. The summed E-state index contributed by atoms with van der Waals surface area (Å²) < 4.78 is 0. The Bertz CT molecular complexity index is 3180. The van der Waals surface area contributed by atoms with Crippen LogP contribution < -0.4 is 4.90 Å². The van der Waals surface area contributed by atoms with Crippen LogP contribution in [-0.4, -0.2) is 0 Å².